The van der Waals surface area contributed by atoms with Gasteiger partial charge < -0.3 is 15.5 Å². The van der Waals surface area contributed by atoms with E-state index in [1.807, 2.05) is 31.0 Å². The first kappa shape index (κ1) is 19.4. The maximum atomic E-state index is 13.3. The zero-order valence-corrected chi connectivity index (χ0v) is 15.3. The lowest BCUT2D eigenvalue weighted by Crippen LogP contribution is -2.39. The maximum Gasteiger partial charge on any atom is 0.227 e. The first-order chi connectivity index (χ1) is 12.5. The van der Waals surface area contributed by atoms with E-state index in [-0.39, 0.29) is 18.1 Å². The monoisotopic (exact) mass is 357 g/mol. The third-order valence-corrected chi connectivity index (χ3v) is 3.70. The Labute approximate surface area is 153 Å². The molecule has 0 fully saturated rings. The number of guanidine groups is 1. The lowest BCUT2D eigenvalue weighted by atomic mass is 10.2. The summed E-state index contributed by atoms with van der Waals surface area (Å²) in [4.78, 5) is 22.2. The largest absolute Gasteiger partial charge is 0.356 e. The molecular formula is C19H24FN5O. The van der Waals surface area contributed by atoms with E-state index in [1.165, 1.54) is 12.1 Å². The molecule has 2 aromatic rings. The second-order valence-corrected chi connectivity index (χ2v) is 5.98. The molecule has 1 amide bonds. The Balaban J connectivity index is 1.78. The quantitative estimate of drug-likeness (QED) is 0.616. The number of aromatic nitrogens is 1. The fourth-order valence-electron chi connectivity index (χ4n) is 2.40. The highest BCUT2D eigenvalue weighted by Gasteiger charge is 2.08. The maximum absolute atomic E-state index is 13.3. The van der Waals surface area contributed by atoms with Crippen LogP contribution in [0.1, 0.15) is 17.5 Å². The van der Waals surface area contributed by atoms with Gasteiger partial charge in [-0.3, -0.25) is 9.79 Å². The molecule has 0 saturated heterocycles. The highest BCUT2D eigenvalue weighted by atomic mass is 19.1. The average molecular weight is 357 g/mol. The smallest absolute Gasteiger partial charge is 0.227 e. The summed E-state index contributed by atoms with van der Waals surface area (Å²) in [5.41, 5.74) is 1.88. The summed E-state index contributed by atoms with van der Waals surface area (Å²) in [6, 6.07) is 10.1. The minimum atomic E-state index is -0.264. The average Bonchev–Trinajstić information content (AvgIpc) is 2.60. The SMILES string of the molecule is CN=C(NCCC(=O)Nc1ccc(C)cn1)N(C)Cc1cccc(F)c1. The van der Waals surface area contributed by atoms with Gasteiger partial charge in [0.2, 0.25) is 5.91 Å². The molecule has 7 heteroatoms. The van der Waals surface area contributed by atoms with Crippen molar-refractivity contribution in [1.29, 1.82) is 0 Å². The molecule has 0 radical (unpaired) electrons. The van der Waals surface area contributed by atoms with E-state index in [1.54, 1.807) is 25.4 Å². The highest BCUT2D eigenvalue weighted by molar-refractivity contribution is 5.90. The summed E-state index contributed by atoms with van der Waals surface area (Å²) < 4.78 is 13.3. The summed E-state index contributed by atoms with van der Waals surface area (Å²) in [5.74, 6) is 0.779. The van der Waals surface area contributed by atoms with E-state index in [4.69, 9.17) is 0 Å². The molecule has 0 saturated carbocycles. The molecule has 0 bridgehead atoms. The number of amides is 1. The number of carbonyl (C=O) groups excluding carboxylic acids is 1. The lowest BCUT2D eigenvalue weighted by molar-refractivity contribution is -0.116. The van der Waals surface area contributed by atoms with Gasteiger partial charge in [-0.25, -0.2) is 9.37 Å². The van der Waals surface area contributed by atoms with E-state index in [2.05, 4.69) is 20.6 Å². The van der Waals surface area contributed by atoms with Crippen LogP contribution in [-0.2, 0) is 11.3 Å². The number of benzene rings is 1. The molecule has 0 spiro atoms. The van der Waals surface area contributed by atoms with Gasteiger partial charge in [0, 0.05) is 39.8 Å². The fraction of sp³-hybridized carbons (Fsp3) is 0.316. The number of aryl methyl sites for hydroxylation is 1. The molecule has 1 aromatic carbocycles. The van der Waals surface area contributed by atoms with Gasteiger partial charge in [0.05, 0.1) is 0 Å². The number of hydrogen-bond donors (Lipinski definition) is 2. The zero-order chi connectivity index (χ0) is 18.9. The number of anilines is 1. The molecule has 6 nitrogen and oxygen atoms in total. The normalized spacial score (nSPS) is 11.2. The van der Waals surface area contributed by atoms with Crippen molar-refractivity contribution in [3.05, 3.63) is 59.5 Å². The standard InChI is InChI=1S/C19H24FN5O/c1-14-7-8-17(23-12-14)24-18(26)9-10-22-19(21-2)25(3)13-15-5-4-6-16(20)11-15/h4-8,11-12H,9-10,13H2,1-3H3,(H,21,22)(H,23,24,26). The second kappa shape index (κ2) is 9.50. The molecule has 0 aliphatic carbocycles. The Morgan fingerprint density at radius 1 is 1.31 bits per heavy atom. The Bertz CT molecular complexity index is 761. The van der Waals surface area contributed by atoms with E-state index in [0.717, 1.165) is 11.1 Å². The Morgan fingerprint density at radius 2 is 2.12 bits per heavy atom. The van der Waals surface area contributed by atoms with Crippen LogP contribution in [0.25, 0.3) is 0 Å². The molecule has 1 heterocycles. The minimum Gasteiger partial charge on any atom is -0.356 e. The van der Waals surface area contributed by atoms with Crippen LogP contribution in [0.4, 0.5) is 10.2 Å². The van der Waals surface area contributed by atoms with Gasteiger partial charge in [0.1, 0.15) is 11.6 Å². The number of hydrogen-bond acceptors (Lipinski definition) is 3. The summed E-state index contributed by atoms with van der Waals surface area (Å²) in [6.07, 6.45) is 1.99. The minimum absolute atomic E-state index is 0.128. The Kier molecular flexibility index (Phi) is 7.08. The van der Waals surface area contributed by atoms with E-state index in [0.29, 0.717) is 24.9 Å². The zero-order valence-electron chi connectivity index (χ0n) is 15.3. The van der Waals surface area contributed by atoms with Crippen LogP contribution < -0.4 is 10.6 Å². The molecule has 2 rings (SSSR count). The van der Waals surface area contributed by atoms with Crippen molar-refractivity contribution in [3.63, 3.8) is 0 Å². The molecule has 0 aliphatic rings. The van der Waals surface area contributed by atoms with E-state index >= 15 is 0 Å². The molecule has 0 aliphatic heterocycles. The number of pyridine rings is 1. The van der Waals surface area contributed by atoms with Gasteiger partial charge in [0.25, 0.3) is 0 Å². The van der Waals surface area contributed by atoms with Crippen molar-refractivity contribution in [2.45, 2.75) is 19.9 Å². The van der Waals surface area contributed by atoms with Crippen LogP contribution >= 0.6 is 0 Å². The molecular weight excluding hydrogens is 333 g/mol. The van der Waals surface area contributed by atoms with Gasteiger partial charge in [-0.1, -0.05) is 18.2 Å². The number of aliphatic imine (C=N–C) groups is 1. The Morgan fingerprint density at radius 3 is 2.77 bits per heavy atom. The van der Waals surface area contributed by atoms with Gasteiger partial charge in [-0.2, -0.15) is 0 Å². The first-order valence-electron chi connectivity index (χ1n) is 8.36. The van der Waals surface area contributed by atoms with Crippen LogP contribution in [0.5, 0.6) is 0 Å². The summed E-state index contributed by atoms with van der Waals surface area (Å²) in [5, 5.41) is 5.88. The van der Waals surface area contributed by atoms with Crippen LogP contribution in [-0.4, -0.2) is 42.4 Å². The topological polar surface area (TPSA) is 69.6 Å². The van der Waals surface area contributed by atoms with Gasteiger partial charge in [-0.15, -0.1) is 0 Å². The fourth-order valence-corrected chi connectivity index (χ4v) is 2.40. The molecule has 1 aromatic heterocycles. The summed E-state index contributed by atoms with van der Waals surface area (Å²) in [6.45, 7) is 2.88. The number of nitrogens with zero attached hydrogens (tertiary/aromatic N) is 3. The molecule has 0 unspecified atom stereocenters. The number of carbonyl (C=O) groups is 1. The predicted molar refractivity (Wildman–Crippen MR) is 101 cm³/mol. The van der Waals surface area contributed by atoms with Crippen LogP contribution in [0, 0.1) is 12.7 Å². The van der Waals surface area contributed by atoms with Crippen molar-refractivity contribution in [2.24, 2.45) is 4.99 Å². The highest BCUT2D eigenvalue weighted by Crippen LogP contribution is 2.07. The second-order valence-electron chi connectivity index (χ2n) is 5.98. The molecule has 26 heavy (non-hydrogen) atoms. The number of rotatable bonds is 6. The van der Waals surface area contributed by atoms with Crippen LogP contribution in [0.2, 0.25) is 0 Å². The van der Waals surface area contributed by atoms with Gasteiger partial charge in [-0.05, 0) is 36.2 Å². The number of nitrogens with one attached hydrogen (secondary N) is 2. The van der Waals surface area contributed by atoms with Crippen LogP contribution in [0.3, 0.4) is 0 Å². The Hall–Kier alpha value is -2.96. The van der Waals surface area contributed by atoms with E-state index < -0.39 is 0 Å². The molecule has 0 atom stereocenters. The van der Waals surface area contributed by atoms with Crippen molar-refractivity contribution in [2.75, 3.05) is 26.0 Å². The third kappa shape index (κ3) is 6.16. The van der Waals surface area contributed by atoms with Crippen molar-refractivity contribution in [3.8, 4) is 0 Å². The van der Waals surface area contributed by atoms with Crippen molar-refractivity contribution in [1.82, 2.24) is 15.2 Å². The van der Waals surface area contributed by atoms with E-state index in [9.17, 15) is 9.18 Å². The summed E-state index contributed by atoms with van der Waals surface area (Å²) in [7, 11) is 3.53. The molecule has 2 N–H and O–H groups in total. The predicted octanol–water partition coefficient (Wildman–Crippen LogP) is 2.57. The molecule has 138 valence electrons. The van der Waals surface area contributed by atoms with Crippen molar-refractivity contribution < 1.29 is 9.18 Å². The van der Waals surface area contributed by atoms with Crippen molar-refractivity contribution >= 4 is 17.7 Å². The lowest BCUT2D eigenvalue weighted by Gasteiger charge is -2.22. The van der Waals surface area contributed by atoms with Crippen LogP contribution in [0.15, 0.2) is 47.6 Å². The van der Waals surface area contributed by atoms with Gasteiger partial charge in [0.15, 0.2) is 5.96 Å². The third-order valence-electron chi connectivity index (χ3n) is 3.70. The number of halogens is 1. The summed E-state index contributed by atoms with van der Waals surface area (Å²) >= 11 is 0. The first-order valence-corrected chi connectivity index (χ1v) is 8.36. The van der Waals surface area contributed by atoms with Gasteiger partial charge >= 0.3 is 0 Å².